The molecule has 0 saturated carbocycles. The molecule has 5 rings (SSSR count). The minimum absolute atomic E-state index is 0.0643. The first-order valence-electron chi connectivity index (χ1n) is 10.8. The minimum Gasteiger partial charge on any atom is -0.312 e. The molecule has 0 amide bonds. The van der Waals surface area contributed by atoms with Crippen LogP contribution in [-0.4, -0.2) is 16.0 Å². The molecule has 0 atom stereocenters. The maximum atomic E-state index is 13.6. The number of hydrogen-bond donors (Lipinski definition) is 0. The number of fused-ring (bicyclic) bond motifs is 1. The van der Waals surface area contributed by atoms with Crippen molar-refractivity contribution in [3.8, 4) is 0 Å². The van der Waals surface area contributed by atoms with Gasteiger partial charge in [-0.2, -0.15) is 0 Å². The molecule has 0 N–H and O–H groups in total. The molecule has 34 heavy (non-hydrogen) atoms. The summed E-state index contributed by atoms with van der Waals surface area (Å²) in [6.45, 7) is 1.98. The van der Waals surface area contributed by atoms with Crippen molar-refractivity contribution in [2.75, 3.05) is 0 Å². The summed E-state index contributed by atoms with van der Waals surface area (Å²) in [5.74, 6) is -0.147. The minimum atomic E-state index is -0.0830. The van der Waals surface area contributed by atoms with Gasteiger partial charge in [0, 0.05) is 37.7 Å². The third-order valence-electron chi connectivity index (χ3n) is 5.72. The van der Waals surface area contributed by atoms with Crippen molar-refractivity contribution in [2.24, 2.45) is 0 Å². The summed E-state index contributed by atoms with van der Waals surface area (Å²) in [5.41, 5.74) is 4.23. The summed E-state index contributed by atoms with van der Waals surface area (Å²) in [6.07, 6.45) is 1.91. The Bertz CT molecular complexity index is 1500. The van der Waals surface area contributed by atoms with Gasteiger partial charge >= 0.3 is 0 Å². The highest BCUT2D eigenvalue weighted by Gasteiger charge is 2.22. The lowest BCUT2D eigenvalue weighted by Gasteiger charge is -2.06. The van der Waals surface area contributed by atoms with Gasteiger partial charge in [0.2, 0.25) is 5.78 Å². The Hall–Kier alpha value is -3.60. The van der Waals surface area contributed by atoms with E-state index >= 15 is 0 Å². The second-order valence-electron chi connectivity index (χ2n) is 7.92. The van der Waals surface area contributed by atoms with Gasteiger partial charge < -0.3 is 4.40 Å². The van der Waals surface area contributed by atoms with Gasteiger partial charge in [-0.3, -0.25) is 9.59 Å². The number of aromatic nitrogens is 1. The van der Waals surface area contributed by atoms with Crippen LogP contribution in [0.15, 0.2) is 113 Å². The molecule has 5 heteroatoms. The van der Waals surface area contributed by atoms with Crippen molar-refractivity contribution in [1.82, 2.24) is 4.40 Å². The van der Waals surface area contributed by atoms with Crippen molar-refractivity contribution >= 4 is 40.4 Å². The van der Waals surface area contributed by atoms with Crippen LogP contribution in [0.1, 0.15) is 37.5 Å². The molecule has 3 aromatic carbocycles. The SMILES string of the molecule is Cc1c(Sc2ccc(Cl)cc2)c2ccccn2c1C(=O)c1ccc(C(=O)c2ccccc2)cc1. The molecule has 0 aliphatic carbocycles. The molecule has 0 aliphatic rings. The molecule has 0 fully saturated rings. The number of rotatable bonds is 6. The highest BCUT2D eigenvalue weighted by molar-refractivity contribution is 7.99. The smallest absolute Gasteiger partial charge is 0.210 e. The number of ketones is 2. The summed E-state index contributed by atoms with van der Waals surface area (Å²) in [4.78, 5) is 28.4. The van der Waals surface area contributed by atoms with Crippen molar-refractivity contribution < 1.29 is 9.59 Å². The molecule has 0 bridgehead atoms. The Labute approximate surface area is 207 Å². The Balaban J connectivity index is 1.50. The van der Waals surface area contributed by atoms with Crippen LogP contribution in [0, 0.1) is 6.92 Å². The van der Waals surface area contributed by atoms with E-state index in [4.69, 9.17) is 11.6 Å². The van der Waals surface area contributed by atoms with Gasteiger partial charge in [-0.1, -0.05) is 84.0 Å². The summed E-state index contributed by atoms with van der Waals surface area (Å²) >= 11 is 7.65. The van der Waals surface area contributed by atoms with Gasteiger partial charge in [0.25, 0.3) is 0 Å². The largest absolute Gasteiger partial charge is 0.312 e. The van der Waals surface area contributed by atoms with E-state index in [1.807, 2.05) is 78.2 Å². The van der Waals surface area contributed by atoms with Crippen LogP contribution in [0.25, 0.3) is 5.52 Å². The Morgan fingerprint density at radius 3 is 1.97 bits per heavy atom. The molecule has 2 heterocycles. The molecule has 5 aromatic rings. The summed E-state index contributed by atoms with van der Waals surface area (Å²) in [7, 11) is 0. The normalized spacial score (nSPS) is 11.0. The second kappa shape index (κ2) is 9.34. The summed E-state index contributed by atoms with van der Waals surface area (Å²) in [5, 5.41) is 0.688. The van der Waals surface area contributed by atoms with Crippen LogP contribution in [0.4, 0.5) is 0 Å². The lowest BCUT2D eigenvalue weighted by molar-refractivity contribution is 0.102. The van der Waals surface area contributed by atoms with Crippen LogP contribution in [0.3, 0.4) is 0 Å². The number of carbonyl (C=O) groups excluding carboxylic acids is 2. The van der Waals surface area contributed by atoms with Gasteiger partial charge in [-0.05, 0) is 48.9 Å². The molecule has 166 valence electrons. The van der Waals surface area contributed by atoms with Crippen LogP contribution in [-0.2, 0) is 0 Å². The number of carbonyl (C=O) groups is 2. The average molecular weight is 482 g/mol. The Morgan fingerprint density at radius 1 is 0.706 bits per heavy atom. The third-order valence-corrected chi connectivity index (χ3v) is 7.20. The lowest BCUT2D eigenvalue weighted by atomic mass is 9.99. The van der Waals surface area contributed by atoms with E-state index in [9.17, 15) is 9.59 Å². The van der Waals surface area contributed by atoms with Gasteiger partial charge in [-0.25, -0.2) is 0 Å². The fourth-order valence-electron chi connectivity index (χ4n) is 4.00. The number of benzene rings is 3. The highest BCUT2D eigenvalue weighted by Crippen LogP contribution is 2.38. The van der Waals surface area contributed by atoms with Crippen LogP contribution < -0.4 is 0 Å². The van der Waals surface area contributed by atoms with Crippen molar-refractivity contribution in [2.45, 2.75) is 16.7 Å². The molecule has 2 aromatic heterocycles. The quantitative estimate of drug-likeness (QED) is 0.235. The van der Waals surface area contributed by atoms with Crippen molar-refractivity contribution in [3.63, 3.8) is 0 Å². The summed E-state index contributed by atoms with van der Waals surface area (Å²) < 4.78 is 1.94. The number of nitrogens with zero attached hydrogens (tertiary/aromatic N) is 1. The zero-order valence-electron chi connectivity index (χ0n) is 18.4. The molecule has 0 spiro atoms. The lowest BCUT2D eigenvalue weighted by Crippen LogP contribution is -2.08. The van der Waals surface area contributed by atoms with Crippen molar-refractivity contribution in [3.05, 3.63) is 136 Å². The van der Waals surface area contributed by atoms with Crippen LogP contribution in [0.2, 0.25) is 5.02 Å². The first-order valence-corrected chi connectivity index (χ1v) is 12.0. The van der Waals surface area contributed by atoms with E-state index in [1.54, 1.807) is 48.2 Å². The molecule has 0 unspecified atom stereocenters. The van der Waals surface area contributed by atoms with Crippen molar-refractivity contribution in [1.29, 1.82) is 0 Å². The molecule has 0 aliphatic heterocycles. The second-order valence-corrected chi connectivity index (χ2v) is 9.44. The van der Waals surface area contributed by atoms with Gasteiger partial charge in [0.15, 0.2) is 5.78 Å². The average Bonchev–Trinajstić information content (AvgIpc) is 3.16. The van der Waals surface area contributed by atoms with Gasteiger partial charge in [-0.15, -0.1) is 0 Å². The maximum absolute atomic E-state index is 13.6. The van der Waals surface area contributed by atoms with E-state index in [1.165, 1.54) is 0 Å². The van der Waals surface area contributed by atoms with Gasteiger partial charge in [0.1, 0.15) is 0 Å². The number of halogens is 1. The first-order chi connectivity index (χ1) is 16.5. The molecular weight excluding hydrogens is 462 g/mol. The fourth-order valence-corrected chi connectivity index (χ4v) is 5.15. The van der Waals surface area contributed by atoms with E-state index in [0.717, 1.165) is 20.9 Å². The van der Waals surface area contributed by atoms with E-state index in [2.05, 4.69) is 0 Å². The topological polar surface area (TPSA) is 38.5 Å². The standard InChI is InChI=1S/C29H20ClNO2S/c1-19-26(28(33)22-12-10-21(11-13-22)27(32)20-7-3-2-4-8-20)31-18-6-5-9-25(31)29(19)34-24-16-14-23(30)15-17-24/h2-18H,1H3. The van der Waals surface area contributed by atoms with Gasteiger partial charge in [0.05, 0.1) is 11.2 Å². The predicted molar refractivity (Wildman–Crippen MR) is 137 cm³/mol. The first kappa shape index (κ1) is 22.2. The maximum Gasteiger partial charge on any atom is 0.210 e. The number of pyridine rings is 1. The molecule has 3 nitrogen and oxygen atoms in total. The molecule has 0 saturated heterocycles. The molecular formula is C29H20ClNO2S. The fraction of sp³-hybridized carbons (Fsp3) is 0.0345. The summed E-state index contributed by atoms with van der Waals surface area (Å²) in [6, 6.07) is 29.6. The monoisotopic (exact) mass is 481 g/mol. The predicted octanol–water partition coefficient (Wildman–Crippen LogP) is 7.51. The van der Waals surface area contributed by atoms with Crippen LogP contribution in [0.5, 0.6) is 0 Å². The zero-order valence-corrected chi connectivity index (χ0v) is 19.9. The Kier molecular flexibility index (Phi) is 6.10. The van der Waals surface area contributed by atoms with E-state index in [-0.39, 0.29) is 11.6 Å². The van der Waals surface area contributed by atoms with E-state index in [0.29, 0.717) is 27.4 Å². The number of hydrogen-bond acceptors (Lipinski definition) is 3. The van der Waals surface area contributed by atoms with E-state index < -0.39 is 0 Å². The Morgan fingerprint density at radius 2 is 1.29 bits per heavy atom. The molecule has 0 radical (unpaired) electrons. The van der Waals surface area contributed by atoms with Crippen LogP contribution >= 0.6 is 23.4 Å². The third kappa shape index (κ3) is 4.18. The highest BCUT2D eigenvalue weighted by atomic mass is 35.5. The zero-order chi connectivity index (χ0) is 23.7.